The molecular weight excluding hydrogens is 244 g/mol. The van der Waals surface area contributed by atoms with Gasteiger partial charge in [0.2, 0.25) is 5.91 Å². The van der Waals surface area contributed by atoms with E-state index in [1.807, 2.05) is 6.92 Å². The topological polar surface area (TPSA) is 101 Å². The summed E-state index contributed by atoms with van der Waals surface area (Å²) in [6.45, 7) is 2.84. The number of carbonyl (C=O) groups excluding carboxylic acids is 2. The van der Waals surface area contributed by atoms with E-state index in [9.17, 15) is 9.59 Å². The normalized spacial score (nSPS) is 19.1. The van der Waals surface area contributed by atoms with Gasteiger partial charge in [-0.2, -0.15) is 0 Å². The fraction of sp³-hybridized carbons (Fsp3) is 0.385. The second-order valence-corrected chi connectivity index (χ2v) is 4.56. The minimum Gasteiger partial charge on any atom is -0.399 e. The molecule has 5 N–H and O–H groups in total. The van der Waals surface area contributed by atoms with Gasteiger partial charge in [0.05, 0.1) is 5.56 Å². The van der Waals surface area contributed by atoms with Crippen molar-refractivity contribution in [1.82, 2.24) is 10.2 Å². The van der Waals surface area contributed by atoms with Gasteiger partial charge in [-0.1, -0.05) is 6.92 Å². The van der Waals surface area contributed by atoms with E-state index in [4.69, 9.17) is 11.5 Å². The van der Waals surface area contributed by atoms with Crippen molar-refractivity contribution >= 4 is 23.2 Å². The van der Waals surface area contributed by atoms with E-state index in [2.05, 4.69) is 5.32 Å². The molecule has 0 bridgehead atoms. The highest BCUT2D eigenvalue weighted by molar-refractivity contribution is 6.02. The van der Waals surface area contributed by atoms with Gasteiger partial charge < -0.3 is 21.7 Å². The number of hydrogen-bond acceptors (Lipinski definition) is 4. The van der Waals surface area contributed by atoms with E-state index in [0.29, 0.717) is 36.4 Å². The number of amides is 2. The number of benzene rings is 1. The molecule has 6 nitrogen and oxygen atoms in total. The summed E-state index contributed by atoms with van der Waals surface area (Å²) < 4.78 is 0. The monoisotopic (exact) mass is 262 g/mol. The van der Waals surface area contributed by atoms with Gasteiger partial charge in [-0.15, -0.1) is 0 Å². The van der Waals surface area contributed by atoms with Crippen LogP contribution in [0.5, 0.6) is 0 Å². The summed E-state index contributed by atoms with van der Waals surface area (Å²) in [5.74, 6) is -0.338. The lowest BCUT2D eigenvalue weighted by Crippen LogP contribution is -2.57. The molecule has 1 unspecified atom stereocenters. The third-order valence-corrected chi connectivity index (χ3v) is 3.28. The summed E-state index contributed by atoms with van der Waals surface area (Å²) in [6, 6.07) is 4.36. The zero-order valence-electron chi connectivity index (χ0n) is 10.8. The van der Waals surface area contributed by atoms with Crippen LogP contribution in [0, 0.1) is 0 Å². The Morgan fingerprint density at radius 3 is 2.84 bits per heavy atom. The number of nitrogens with zero attached hydrogens (tertiary/aromatic N) is 1. The average Bonchev–Trinajstić information content (AvgIpc) is 2.37. The number of rotatable bonds is 2. The predicted molar refractivity (Wildman–Crippen MR) is 73.4 cm³/mol. The molecule has 1 saturated heterocycles. The van der Waals surface area contributed by atoms with Gasteiger partial charge in [-0.3, -0.25) is 9.59 Å². The number of anilines is 2. The Morgan fingerprint density at radius 1 is 1.47 bits per heavy atom. The van der Waals surface area contributed by atoms with Gasteiger partial charge in [0.15, 0.2) is 0 Å². The van der Waals surface area contributed by atoms with Crippen LogP contribution in [0.25, 0.3) is 0 Å². The van der Waals surface area contributed by atoms with Crippen LogP contribution in [0.1, 0.15) is 23.7 Å². The molecule has 1 aromatic rings. The molecular formula is C13H18N4O2. The lowest BCUT2D eigenvalue weighted by atomic mass is 10.1. The molecule has 0 saturated carbocycles. The smallest absolute Gasteiger partial charge is 0.256 e. The van der Waals surface area contributed by atoms with Crippen LogP contribution in [0.15, 0.2) is 18.2 Å². The van der Waals surface area contributed by atoms with E-state index in [-0.39, 0.29) is 11.8 Å². The van der Waals surface area contributed by atoms with Crippen molar-refractivity contribution in [3.63, 3.8) is 0 Å². The molecule has 0 aliphatic carbocycles. The number of hydrogen-bond donors (Lipinski definition) is 3. The van der Waals surface area contributed by atoms with Gasteiger partial charge >= 0.3 is 0 Å². The number of nitrogens with two attached hydrogens (primary N) is 2. The van der Waals surface area contributed by atoms with Crippen LogP contribution in [-0.2, 0) is 4.79 Å². The molecule has 102 valence electrons. The van der Waals surface area contributed by atoms with E-state index >= 15 is 0 Å². The Bertz CT molecular complexity index is 515. The molecule has 1 aliphatic rings. The van der Waals surface area contributed by atoms with Crippen LogP contribution >= 0.6 is 0 Å². The largest absolute Gasteiger partial charge is 0.399 e. The summed E-state index contributed by atoms with van der Waals surface area (Å²) in [6.07, 6.45) is 0.576. The van der Waals surface area contributed by atoms with Crippen molar-refractivity contribution in [3.8, 4) is 0 Å². The molecule has 1 fully saturated rings. The predicted octanol–water partition coefficient (Wildman–Crippen LogP) is 0.202. The van der Waals surface area contributed by atoms with E-state index in [1.54, 1.807) is 23.1 Å². The van der Waals surface area contributed by atoms with E-state index in [0.717, 1.165) is 0 Å². The lowest BCUT2D eigenvalue weighted by molar-refractivity contribution is -0.127. The van der Waals surface area contributed by atoms with Crippen molar-refractivity contribution in [2.45, 2.75) is 19.4 Å². The lowest BCUT2D eigenvalue weighted by Gasteiger charge is -2.34. The zero-order chi connectivity index (χ0) is 14.0. The SMILES string of the molecule is CCC1C(=O)NCCN1C(=O)c1ccc(N)cc1N. The Labute approximate surface area is 111 Å². The summed E-state index contributed by atoms with van der Waals surface area (Å²) in [7, 11) is 0. The summed E-state index contributed by atoms with van der Waals surface area (Å²) in [5.41, 5.74) is 12.7. The fourth-order valence-electron chi connectivity index (χ4n) is 2.29. The van der Waals surface area contributed by atoms with Crippen molar-refractivity contribution in [2.24, 2.45) is 0 Å². The second-order valence-electron chi connectivity index (χ2n) is 4.56. The second kappa shape index (κ2) is 5.17. The van der Waals surface area contributed by atoms with Gasteiger partial charge in [0, 0.05) is 24.5 Å². The average molecular weight is 262 g/mol. The van der Waals surface area contributed by atoms with Crippen LogP contribution in [0.2, 0.25) is 0 Å². The van der Waals surface area contributed by atoms with Crippen molar-refractivity contribution in [3.05, 3.63) is 23.8 Å². The minimum absolute atomic E-state index is 0.115. The Balaban J connectivity index is 2.29. The standard InChI is InChI=1S/C13H18N4O2/c1-2-11-12(18)16-5-6-17(11)13(19)9-4-3-8(14)7-10(9)15/h3-4,7,11H,2,5-6,14-15H2,1H3,(H,16,18). The third kappa shape index (κ3) is 2.47. The maximum atomic E-state index is 12.5. The van der Waals surface area contributed by atoms with Crippen LogP contribution < -0.4 is 16.8 Å². The quantitative estimate of drug-likeness (QED) is 0.663. The summed E-state index contributed by atoms with van der Waals surface area (Å²) >= 11 is 0. The Morgan fingerprint density at radius 2 is 2.21 bits per heavy atom. The molecule has 2 rings (SSSR count). The highest BCUT2D eigenvalue weighted by Gasteiger charge is 2.32. The first kappa shape index (κ1) is 13.2. The third-order valence-electron chi connectivity index (χ3n) is 3.28. The number of nitrogen functional groups attached to an aromatic ring is 2. The molecule has 0 spiro atoms. The molecule has 0 radical (unpaired) electrons. The first-order chi connectivity index (χ1) is 9.04. The fourth-order valence-corrected chi connectivity index (χ4v) is 2.29. The van der Waals surface area contributed by atoms with E-state index in [1.165, 1.54) is 0 Å². The Kier molecular flexibility index (Phi) is 3.59. The minimum atomic E-state index is -0.432. The highest BCUT2D eigenvalue weighted by Crippen LogP contribution is 2.20. The molecule has 1 heterocycles. The van der Waals surface area contributed by atoms with Crippen LogP contribution in [0.3, 0.4) is 0 Å². The number of carbonyl (C=O) groups is 2. The van der Waals surface area contributed by atoms with Gasteiger partial charge in [0.1, 0.15) is 6.04 Å². The maximum Gasteiger partial charge on any atom is 0.256 e. The van der Waals surface area contributed by atoms with Crippen molar-refractivity contribution in [2.75, 3.05) is 24.6 Å². The van der Waals surface area contributed by atoms with Gasteiger partial charge in [-0.25, -0.2) is 0 Å². The molecule has 2 amide bonds. The molecule has 1 aromatic carbocycles. The van der Waals surface area contributed by atoms with Crippen LogP contribution in [0.4, 0.5) is 11.4 Å². The van der Waals surface area contributed by atoms with Gasteiger partial charge in [-0.05, 0) is 24.6 Å². The van der Waals surface area contributed by atoms with E-state index < -0.39 is 6.04 Å². The molecule has 0 aromatic heterocycles. The number of piperazine rings is 1. The van der Waals surface area contributed by atoms with Crippen molar-refractivity contribution < 1.29 is 9.59 Å². The maximum absolute atomic E-state index is 12.5. The zero-order valence-corrected chi connectivity index (χ0v) is 10.8. The van der Waals surface area contributed by atoms with Crippen LogP contribution in [-0.4, -0.2) is 35.8 Å². The van der Waals surface area contributed by atoms with Gasteiger partial charge in [0.25, 0.3) is 5.91 Å². The first-order valence-corrected chi connectivity index (χ1v) is 6.28. The summed E-state index contributed by atoms with van der Waals surface area (Å²) in [4.78, 5) is 25.8. The number of nitrogens with one attached hydrogen (secondary N) is 1. The summed E-state index contributed by atoms with van der Waals surface area (Å²) in [5, 5.41) is 2.76. The molecule has 1 aliphatic heterocycles. The highest BCUT2D eigenvalue weighted by atomic mass is 16.2. The molecule has 19 heavy (non-hydrogen) atoms. The van der Waals surface area contributed by atoms with Crippen molar-refractivity contribution in [1.29, 1.82) is 0 Å². The molecule has 1 atom stereocenters. The first-order valence-electron chi connectivity index (χ1n) is 6.28. The Hall–Kier alpha value is -2.24. The molecule has 6 heteroatoms.